The monoisotopic (exact) mass is 335 g/mol. The summed E-state index contributed by atoms with van der Waals surface area (Å²) in [6, 6.07) is 7.65. The molecule has 5 heteroatoms. The minimum atomic E-state index is -0.836. The van der Waals surface area contributed by atoms with E-state index in [1.807, 2.05) is 38.1 Å². The van der Waals surface area contributed by atoms with E-state index in [2.05, 4.69) is 26.2 Å². The van der Waals surface area contributed by atoms with Crippen molar-refractivity contribution in [3.63, 3.8) is 0 Å². The lowest BCUT2D eigenvalue weighted by atomic mass is 9.93. The van der Waals surface area contributed by atoms with Gasteiger partial charge in [-0.15, -0.1) is 0 Å². The molecule has 1 amide bonds. The third-order valence-electron chi connectivity index (χ3n) is 3.64. The smallest absolute Gasteiger partial charge is 0.244 e. The summed E-state index contributed by atoms with van der Waals surface area (Å²) in [6.07, 6.45) is 2.91. The molecule has 0 radical (unpaired) electrons. The fraction of sp³-hybridized carbons (Fsp3) is 0.333. The van der Waals surface area contributed by atoms with Gasteiger partial charge in [0.1, 0.15) is 0 Å². The summed E-state index contributed by atoms with van der Waals surface area (Å²) in [7, 11) is 0. The predicted octanol–water partition coefficient (Wildman–Crippen LogP) is 3.45. The highest BCUT2D eigenvalue weighted by atomic mass is 79.9. The SMILES string of the molecule is CCC(N)(CC)C(=O)Nc1cccc2cc(Br)cnc12. The molecule has 1 aromatic carbocycles. The third-order valence-corrected chi connectivity index (χ3v) is 4.07. The lowest BCUT2D eigenvalue weighted by molar-refractivity contribution is -0.121. The van der Waals surface area contributed by atoms with Crippen LogP contribution in [-0.4, -0.2) is 16.4 Å². The Morgan fingerprint density at radius 3 is 2.75 bits per heavy atom. The number of hydrogen-bond donors (Lipinski definition) is 2. The molecule has 0 bridgehead atoms. The fourth-order valence-electron chi connectivity index (χ4n) is 2.05. The minimum Gasteiger partial charge on any atom is -0.323 e. The standard InChI is InChI=1S/C15H18BrN3O/c1-3-15(17,4-2)14(20)19-12-7-5-6-10-8-11(16)9-18-13(10)12/h5-9H,3-4,17H2,1-2H3,(H,19,20). The molecule has 0 spiro atoms. The van der Waals surface area contributed by atoms with Gasteiger partial charge in [-0.2, -0.15) is 0 Å². The Bertz CT molecular complexity index is 638. The zero-order valence-electron chi connectivity index (χ0n) is 11.6. The first kappa shape index (κ1) is 14.9. The van der Waals surface area contributed by atoms with Crippen LogP contribution < -0.4 is 11.1 Å². The van der Waals surface area contributed by atoms with E-state index in [9.17, 15) is 4.79 Å². The van der Waals surface area contributed by atoms with Gasteiger partial charge in [0.25, 0.3) is 0 Å². The summed E-state index contributed by atoms with van der Waals surface area (Å²) in [5, 5.41) is 3.87. The van der Waals surface area contributed by atoms with Crippen LogP contribution in [0.5, 0.6) is 0 Å². The summed E-state index contributed by atoms with van der Waals surface area (Å²) in [6.45, 7) is 3.84. The van der Waals surface area contributed by atoms with Crippen LogP contribution in [0.25, 0.3) is 10.9 Å². The lowest BCUT2D eigenvalue weighted by Crippen LogP contribution is -2.50. The first-order valence-corrected chi connectivity index (χ1v) is 7.44. The Kier molecular flexibility index (Phi) is 4.40. The van der Waals surface area contributed by atoms with Crippen LogP contribution >= 0.6 is 15.9 Å². The zero-order chi connectivity index (χ0) is 14.8. The second-order valence-corrected chi connectivity index (χ2v) is 5.76. The summed E-state index contributed by atoms with van der Waals surface area (Å²) < 4.78 is 0.906. The molecular weight excluding hydrogens is 318 g/mol. The Labute approximate surface area is 126 Å². The van der Waals surface area contributed by atoms with Gasteiger partial charge in [-0.05, 0) is 40.9 Å². The maximum absolute atomic E-state index is 12.3. The van der Waals surface area contributed by atoms with Crippen LogP contribution in [-0.2, 0) is 4.79 Å². The number of amides is 1. The molecule has 0 saturated carbocycles. The van der Waals surface area contributed by atoms with Crippen molar-refractivity contribution in [1.82, 2.24) is 4.98 Å². The number of rotatable bonds is 4. The fourth-order valence-corrected chi connectivity index (χ4v) is 2.40. The van der Waals surface area contributed by atoms with E-state index in [0.717, 1.165) is 15.4 Å². The van der Waals surface area contributed by atoms with E-state index < -0.39 is 5.54 Å². The maximum Gasteiger partial charge on any atom is 0.244 e. The molecule has 2 aromatic rings. The summed E-state index contributed by atoms with van der Waals surface area (Å²) in [5.74, 6) is -0.167. The average molecular weight is 336 g/mol. The molecule has 3 N–H and O–H groups in total. The quantitative estimate of drug-likeness (QED) is 0.898. The van der Waals surface area contributed by atoms with Gasteiger partial charge in [0.15, 0.2) is 0 Å². The second-order valence-electron chi connectivity index (χ2n) is 4.85. The highest BCUT2D eigenvalue weighted by Crippen LogP contribution is 2.25. The highest BCUT2D eigenvalue weighted by Gasteiger charge is 2.30. The first-order chi connectivity index (χ1) is 9.50. The van der Waals surface area contributed by atoms with Crippen molar-refractivity contribution in [1.29, 1.82) is 0 Å². The van der Waals surface area contributed by atoms with Crippen molar-refractivity contribution in [3.05, 3.63) is 34.9 Å². The van der Waals surface area contributed by atoms with Gasteiger partial charge in [-0.3, -0.25) is 9.78 Å². The van der Waals surface area contributed by atoms with Gasteiger partial charge in [-0.25, -0.2) is 0 Å². The van der Waals surface area contributed by atoms with Crippen molar-refractivity contribution < 1.29 is 4.79 Å². The van der Waals surface area contributed by atoms with Crippen molar-refractivity contribution in [3.8, 4) is 0 Å². The van der Waals surface area contributed by atoms with Gasteiger partial charge >= 0.3 is 0 Å². The molecule has 1 heterocycles. The number of halogens is 1. The van der Waals surface area contributed by atoms with E-state index >= 15 is 0 Å². The number of carbonyl (C=O) groups excluding carboxylic acids is 1. The van der Waals surface area contributed by atoms with E-state index in [1.54, 1.807) is 6.20 Å². The molecule has 0 aliphatic rings. The van der Waals surface area contributed by atoms with Crippen molar-refractivity contribution in [2.24, 2.45) is 5.73 Å². The summed E-state index contributed by atoms with van der Waals surface area (Å²) in [5.41, 5.74) is 6.73. The van der Waals surface area contributed by atoms with E-state index in [-0.39, 0.29) is 5.91 Å². The van der Waals surface area contributed by atoms with Gasteiger partial charge in [0.05, 0.1) is 16.7 Å². The molecule has 1 aromatic heterocycles. The number of anilines is 1. The van der Waals surface area contributed by atoms with E-state index in [0.29, 0.717) is 18.5 Å². The Morgan fingerprint density at radius 1 is 1.40 bits per heavy atom. The van der Waals surface area contributed by atoms with Crippen LogP contribution in [0.15, 0.2) is 34.9 Å². The lowest BCUT2D eigenvalue weighted by Gasteiger charge is -2.25. The number of aromatic nitrogens is 1. The molecule has 4 nitrogen and oxygen atoms in total. The minimum absolute atomic E-state index is 0.167. The van der Waals surface area contributed by atoms with E-state index in [1.165, 1.54) is 0 Å². The Balaban J connectivity index is 2.37. The number of nitrogens with one attached hydrogen (secondary N) is 1. The van der Waals surface area contributed by atoms with Gasteiger partial charge in [-0.1, -0.05) is 26.0 Å². The number of nitrogens with zero attached hydrogens (tertiary/aromatic N) is 1. The largest absolute Gasteiger partial charge is 0.323 e. The van der Waals surface area contributed by atoms with Crippen molar-refractivity contribution in [2.45, 2.75) is 32.2 Å². The molecule has 0 aliphatic heterocycles. The molecule has 0 unspecified atom stereocenters. The summed E-state index contributed by atoms with van der Waals surface area (Å²) in [4.78, 5) is 16.7. The average Bonchev–Trinajstić information content (AvgIpc) is 2.46. The molecular formula is C15H18BrN3O. The molecule has 0 saturated heterocycles. The summed E-state index contributed by atoms with van der Waals surface area (Å²) >= 11 is 3.39. The number of pyridine rings is 1. The normalized spacial score (nSPS) is 11.6. The first-order valence-electron chi connectivity index (χ1n) is 6.64. The van der Waals surface area contributed by atoms with Crippen LogP contribution in [0.2, 0.25) is 0 Å². The number of carbonyl (C=O) groups is 1. The van der Waals surface area contributed by atoms with Crippen LogP contribution in [0.4, 0.5) is 5.69 Å². The predicted molar refractivity (Wildman–Crippen MR) is 85.6 cm³/mol. The Hall–Kier alpha value is -1.46. The van der Waals surface area contributed by atoms with Crippen LogP contribution in [0, 0.1) is 0 Å². The van der Waals surface area contributed by atoms with Crippen molar-refractivity contribution >= 4 is 38.4 Å². The number of para-hydroxylation sites is 1. The maximum atomic E-state index is 12.3. The van der Waals surface area contributed by atoms with Gasteiger partial charge in [0, 0.05) is 16.1 Å². The number of fused-ring (bicyclic) bond motifs is 1. The molecule has 106 valence electrons. The number of nitrogens with two attached hydrogens (primary N) is 1. The number of hydrogen-bond acceptors (Lipinski definition) is 3. The molecule has 20 heavy (non-hydrogen) atoms. The van der Waals surface area contributed by atoms with Gasteiger partial charge < -0.3 is 11.1 Å². The molecule has 0 aliphatic carbocycles. The number of benzene rings is 1. The highest BCUT2D eigenvalue weighted by molar-refractivity contribution is 9.10. The van der Waals surface area contributed by atoms with Gasteiger partial charge in [0.2, 0.25) is 5.91 Å². The molecule has 0 fully saturated rings. The second kappa shape index (κ2) is 5.89. The topological polar surface area (TPSA) is 68.0 Å². The molecule has 0 atom stereocenters. The molecule has 2 rings (SSSR count). The van der Waals surface area contributed by atoms with Crippen molar-refractivity contribution in [2.75, 3.05) is 5.32 Å². The van der Waals surface area contributed by atoms with Crippen LogP contribution in [0.3, 0.4) is 0 Å². The van der Waals surface area contributed by atoms with E-state index in [4.69, 9.17) is 5.73 Å². The zero-order valence-corrected chi connectivity index (χ0v) is 13.2. The Morgan fingerprint density at radius 2 is 2.10 bits per heavy atom. The third kappa shape index (κ3) is 2.83. The van der Waals surface area contributed by atoms with Crippen LogP contribution in [0.1, 0.15) is 26.7 Å².